The van der Waals surface area contributed by atoms with Crippen molar-refractivity contribution in [2.45, 2.75) is 11.3 Å². The average Bonchev–Trinajstić information content (AvgIpc) is 2.79. The fourth-order valence-electron chi connectivity index (χ4n) is 3.06. The van der Waals surface area contributed by atoms with Crippen LogP contribution in [0.2, 0.25) is 0 Å². The van der Waals surface area contributed by atoms with Gasteiger partial charge in [-0.1, -0.05) is 24.3 Å². The van der Waals surface area contributed by atoms with Crippen LogP contribution >= 0.6 is 0 Å². The van der Waals surface area contributed by atoms with Gasteiger partial charge >= 0.3 is 0 Å². The Balaban J connectivity index is 1.64. The number of carbonyl (C=O) groups excluding carboxylic acids is 1. The molecule has 0 fully saturated rings. The highest BCUT2D eigenvalue weighted by Gasteiger charge is 2.19. The second kappa shape index (κ2) is 10.1. The van der Waals surface area contributed by atoms with Crippen molar-refractivity contribution in [3.8, 4) is 11.5 Å². The summed E-state index contributed by atoms with van der Waals surface area (Å²) in [5.74, 6) is 0.00239. The zero-order chi connectivity index (χ0) is 23.1. The van der Waals surface area contributed by atoms with Crippen molar-refractivity contribution in [3.63, 3.8) is 0 Å². The Bertz CT molecular complexity index is 1210. The molecule has 9 heteroatoms. The van der Waals surface area contributed by atoms with Gasteiger partial charge in [-0.25, -0.2) is 12.8 Å². The van der Waals surface area contributed by atoms with Gasteiger partial charge in [0.1, 0.15) is 10.7 Å². The number of anilines is 1. The molecule has 3 aromatic carbocycles. The first kappa shape index (κ1) is 23.1. The molecule has 0 aliphatic carbocycles. The van der Waals surface area contributed by atoms with Crippen LogP contribution in [0, 0.1) is 5.82 Å². The number of rotatable bonds is 9. The fourth-order valence-corrected chi connectivity index (χ4v) is 4.18. The molecule has 0 radical (unpaired) electrons. The highest BCUT2D eigenvalue weighted by Crippen LogP contribution is 2.27. The average molecular weight is 459 g/mol. The van der Waals surface area contributed by atoms with Crippen molar-refractivity contribution in [1.29, 1.82) is 0 Å². The Hall–Kier alpha value is -3.59. The molecule has 0 unspecified atom stereocenters. The van der Waals surface area contributed by atoms with Gasteiger partial charge < -0.3 is 14.8 Å². The van der Waals surface area contributed by atoms with E-state index in [-0.39, 0.29) is 17.2 Å². The van der Waals surface area contributed by atoms with Crippen molar-refractivity contribution in [1.82, 2.24) is 5.32 Å². The van der Waals surface area contributed by atoms with E-state index in [2.05, 4.69) is 10.0 Å². The predicted octanol–water partition coefficient (Wildman–Crippen LogP) is 3.62. The van der Waals surface area contributed by atoms with Gasteiger partial charge in [-0.15, -0.1) is 0 Å². The lowest BCUT2D eigenvalue weighted by atomic mass is 10.1. The molecule has 0 spiro atoms. The van der Waals surface area contributed by atoms with Crippen LogP contribution in [0.4, 0.5) is 10.1 Å². The number of methoxy groups -OCH3 is 2. The molecule has 0 atom stereocenters. The van der Waals surface area contributed by atoms with Crippen LogP contribution in [0.25, 0.3) is 0 Å². The number of sulfonamides is 1. The summed E-state index contributed by atoms with van der Waals surface area (Å²) in [4.78, 5) is 12.0. The monoisotopic (exact) mass is 458 g/mol. The summed E-state index contributed by atoms with van der Waals surface area (Å²) < 4.78 is 51.6. The summed E-state index contributed by atoms with van der Waals surface area (Å²) in [5, 5.41) is 2.80. The third-order valence-electron chi connectivity index (χ3n) is 4.65. The van der Waals surface area contributed by atoms with E-state index in [4.69, 9.17) is 9.47 Å². The van der Waals surface area contributed by atoms with Gasteiger partial charge in [-0.2, -0.15) is 0 Å². The molecule has 0 heterocycles. The maximum atomic E-state index is 13.9. The van der Waals surface area contributed by atoms with Crippen molar-refractivity contribution in [3.05, 3.63) is 83.7 Å². The maximum absolute atomic E-state index is 13.9. The van der Waals surface area contributed by atoms with E-state index in [1.807, 2.05) is 12.1 Å². The Morgan fingerprint density at radius 1 is 0.938 bits per heavy atom. The van der Waals surface area contributed by atoms with Crippen LogP contribution in [0.5, 0.6) is 11.5 Å². The number of benzene rings is 3. The van der Waals surface area contributed by atoms with E-state index in [9.17, 15) is 17.6 Å². The molecule has 0 saturated heterocycles. The van der Waals surface area contributed by atoms with Gasteiger partial charge in [-0.3, -0.25) is 9.52 Å². The minimum absolute atomic E-state index is 0.154. The Labute approximate surface area is 186 Å². The number of hydrogen-bond acceptors (Lipinski definition) is 5. The van der Waals surface area contributed by atoms with Gasteiger partial charge in [0.15, 0.2) is 11.5 Å². The standard InChI is InChI=1S/C23H23FN2O5S/c1-30-20-11-10-16(14-21(20)31-2)12-13-25-23(27)17-6-5-7-18(15-17)26-32(28,29)22-9-4-3-8-19(22)24/h3-11,14-15,26H,12-13H2,1-2H3,(H,25,27). The fraction of sp³-hybridized carbons (Fsp3) is 0.174. The number of ether oxygens (including phenoxy) is 2. The van der Waals surface area contributed by atoms with Gasteiger partial charge in [0, 0.05) is 17.8 Å². The van der Waals surface area contributed by atoms with E-state index in [1.54, 1.807) is 32.4 Å². The topological polar surface area (TPSA) is 93.7 Å². The summed E-state index contributed by atoms with van der Waals surface area (Å²) in [6, 6.07) is 16.6. The third-order valence-corrected chi connectivity index (χ3v) is 6.06. The molecule has 7 nitrogen and oxygen atoms in total. The molecule has 0 aromatic heterocycles. The molecular formula is C23H23FN2O5S. The van der Waals surface area contributed by atoms with Crippen LogP contribution in [-0.2, 0) is 16.4 Å². The van der Waals surface area contributed by atoms with Gasteiger partial charge in [0.2, 0.25) is 0 Å². The summed E-state index contributed by atoms with van der Waals surface area (Å²) >= 11 is 0. The molecule has 0 aliphatic heterocycles. The first-order valence-corrected chi connectivity index (χ1v) is 11.2. The quantitative estimate of drug-likeness (QED) is 0.511. The minimum atomic E-state index is -4.13. The van der Waals surface area contributed by atoms with Gasteiger partial charge in [-0.05, 0) is 54.4 Å². The Morgan fingerprint density at radius 2 is 1.69 bits per heavy atom. The first-order chi connectivity index (χ1) is 15.3. The molecule has 168 valence electrons. The van der Waals surface area contributed by atoms with Crippen molar-refractivity contribution < 1.29 is 27.1 Å². The molecule has 3 rings (SSSR count). The Kier molecular flexibility index (Phi) is 7.32. The van der Waals surface area contributed by atoms with Crippen LogP contribution in [-0.4, -0.2) is 35.1 Å². The Morgan fingerprint density at radius 3 is 2.41 bits per heavy atom. The van der Waals surface area contributed by atoms with Crippen LogP contribution in [0.15, 0.2) is 71.6 Å². The second-order valence-electron chi connectivity index (χ2n) is 6.81. The largest absolute Gasteiger partial charge is 0.493 e. The van der Waals surface area contributed by atoms with Gasteiger partial charge in [0.25, 0.3) is 15.9 Å². The van der Waals surface area contributed by atoms with Crippen molar-refractivity contribution in [2.75, 3.05) is 25.5 Å². The number of amides is 1. The summed E-state index contributed by atoms with van der Waals surface area (Å²) in [6.45, 7) is 0.361. The highest BCUT2D eigenvalue weighted by molar-refractivity contribution is 7.92. The normalized spacial score (nSPS) is 11.0. The number of carbonyl (C=O) groups is 1. The zero-order valence-electron chi connectivity index (χ0n) is 17.6. The SMILES string of the molecule is COc1ccc(CCNC(=O)c2cccc(NS(=O)(=O)c3ccccc3F)c2)cc1OC. The molecule has 1 amide bonds. The first-order valence-electron chi connectivity index (χ1n) is 9.70. The van der Waals surface area contributed by atoms with Crippen molar-refractivity contribution >= 4 is 21.6 Å². The highest BCUT2D eigenvalue weighted by atomic mass is 32.2. The van der Waals surface area contributed by atoms with E-state index in [0.29, 0.717) is 24.5 Å². The van der Waals surface area contributed by atoms with Crippen LogP contribution in [0.3, 0.4) is 0 Å². The zero-order valence-corrected chi connectivity index (χ0v) is 18.4. The molecule has 2 N–H and O–H groups in total. The van der Waals surface area contributed by atoms with Gasteiger partial charge in [0.05, 0.1) is 14.2 Å². The number of hydrogen-bond donors (Lipinski definition) is 2. The maximum Gasteiger partial charge on any atom is 0.264 e. The minimum Gasteiger partial charge on any atom is -0.493 e. The molecule has 32 heavy (non-hydrogen) atoms. The van der Waals surface area contributed by atoms with Crippen molar-refractivity contribution in [2.24, 2.45) is 0 Å². The van der Waals surface area contributed by atoms with E-state index < -0.39 is 20.7 Å². The van der Waals surface area contributed by atoms with E-state index >= 15 is 0 Å². The smallest absolute Gasteiger partial charge is 0.264 e. The third kappa shape index (κ3) is 5.55. The summed E-state index contributed by atoms with van der Waals surface area (Å²) in [5.41, 5.74) is 1.38. The molecule has 3 aromatic rings. The lowest BCUT2D eigenvalue weighted by Crippen LogP contribution is -2.25. The second-order valence-corrected chi connectivity index (χ2v) is 8.46. The lowest BCUT2D eigenvalue weighted by molar-refractivity contribution is 0.0954. The summed E-state index contributed by atoms with van der Waals surface area (Å²) in [7, 11) is -1.02. The number of nitrogens with one attached hydrogen (secondary N) is 2. The van der Waals surface area contributed by atoms with Crippen LogP contribution in [0.1, 0.15) is 15.9 Å². The molecule has 0 aliphatic rings. The molecular weight excluding hydrogens is 435 g/mol. The lowest BCUT2D eigenvalue weighted by Gasteiger charge is -2.11. The van der Waals surface area contributed by atoms with Crippen LogP contribution < -0.4 is 19.5 Å². The molecule has 0 bridgehead atoms. The molecule has 0 saturated carbocycles. The number of halogens is 1. The predicted molar refractivity (Wildman–Crippen MR) is 119 cm³/mol. The van der Waals surface area contributed by atoms with E-state index in [0.717, 1.165) is 11.6 Å². The summed E-state index contributed by atoms with van der Waals surface area (Å²) in [6.07, 6.45) is 0.561. The van der Waals surface area contributed by atoms with E-state index in [1.165, 1.54) is 30.3 Å².